The minimum atomic E-state index is -0.859. The molecule has 0 spiro atoms. The first-order chi connectivity index (χ1) is 14.9. The number of rotatable bonds is 6. The minimum Gasteiger partial charge on any atom is -0.479 e. The summed E-state index contributed by atoms with van der Waals surface area (Å²) >= 11 is 6.43. The molecule has 0 saturated carbocycles. The van der Waals surface area contributed by atoms with Gasteiger partial charge in [0, 0.05) is 23.6 Å². The monoisotopic (exact) mass is 441 g/mol. The molecule has 31 heavy (non-hydrogen) atoms. The zero-order valence-corrected chi connectivity index (χ0v) is 17.9. The van der Waals surface area contributed by atoms with Crippen molar-refractivity contribution in [3.63, 3.8) is 0 Å². The van der Waals surface area contributed by atoms with Gasteiger partial charge in [0.1, 0.15) is 11.3 Å². The van der Waals surface area contributed by atoms with Crippen molar-refractivity contribution in [3.05, 3.63) is 74.6 Å². The highest BCUT2D eigenvalue weighted by molar-refractivity contribution is 6.32. The number of hydrogen-bond donors (Lipinski definition) is 2. The van der Waals surface area contributed by atoms with Crippen LogP contribution in [0.15, 0.2) is 51.7 Å². The molecule has 7 heteroatoms. The van der Waals surface area contributed by atoms with E-state index in [0.717, 1.165) is 42.2 Å². The summed E-state index contributed by atoms with van der Waals surface area (Å²) in [6.45, 7) is 1.65. The zero-order valence-electron chi connectivity index (χ0n) is 17.2. The number of carbonyl (C=O) groups is 1. The molecule has 0 unspecified atom stereocenters. The Morgan fingerprint density at radius 1 is 1.19 bits per heavy atom. The standard InChI is InChI=1S/C24H24ClNO5/c1-14(23(28)26-13-20(27)15-7-3-2-4-8-15)30-22-12-21-18(11-19(22)25)16-9-5-6-10-17(16)24(29)31-21/h2-4,7-8,11-12,14,20,27H,5-6,9-10,13H2,1H3,(H,26,28)/t14-,20-/m1/s1. The summed E-state index contributed by atoms with van der Waals surface area (Å²) in [6, 6.07) is 12.4. The second-order valence-corrected chi connectivity index (χ2v) is 8.17. The van der Waals surface area contributed by atoms with Crippen LogP contribution in [0.5, 0.6) is 5.75 Å². The largest absolute Gasteiger partial charge is 0.479 e. The van der Waals surface area contributed by atoms with Gasteiger partial charge in [-0.05, 0) is 49.8 Å². The first-order valence-corrected chi connectivity index (χ1v) is 10.8. The number of carbonyl (C=O) groups excluding carboxylic acids is 1. The molecule has 0 aliphatic heterocycles. The highest BCUT2D eigenvalue weighted by Crippen LogP contribution is 2.34. The zero-order chi connectivity index (χ0) is 22.0. The lowest BCUT2D eigenvalue weighted by Gasteiger charge is -2.19. The molecule has 1 aliphatic carbocycles. The Bertz CT molecular complexity index is 1160. The van der Waals surface area contributed by atoms with Crippen molar-refractivity contribution in [3.8, 4) is 5.75 Å². The number of nitrogens with one attached hydrogen (secondary N) is 1. The lowest BCUT2D eigenvalue weighted by Crippen LogP contribution is -2.38. The average molecular weight is 442 g/mol. The van der Waals surface area contributed by atoms with Crippen LogP contribution < -0.4 is 15.7 Å². The van der Waals surface area contributed by atoms with Gasteiger partial charge in [-0.15, -0.1) is 0 Å². The third kappa shape index (κ3) is 4.60. The number of amides is 1. The highest BCUT2D eigenvalue weighted by Gasteiger charge is 2.22. The van der Waals surface area contributed by atoms with Crippen LogP contribution in [-0.2, 0) is 17.6 Å². The molecule has 2 aromatic carbocycles. The van der Waals surface area contributed by atoms with Crippen molar-refractivity contribution >= 4 is 28.5 Å². The Morgan fingerprint density at radius 3 is 2.65 bits per heavy atom. The lowest BCUT2D eigenvalue weighted by molar-refractivity contribution is -0.127. The molecular weight excluding hydrogens is 418 g/mol. The van der Waals surface area contributed by atoms with Gasteiger partial charge in [0.05, 0.1) is 11.1 Å². The molecule has 1 aliphatic rings. The lowest BCUT2D eigenvalue weighted by atomic mass is 9.90. The fraction of sp³-hybridized carbons (Fsp3) is 0.333. The number of hydrogen-bond acceptors (Lipinski definition) is 5. The van der Waals surface area contributed by atoms with E-state index in [4.69, 9.17) is 20.8 Å². The van der Waals surface area contributed by atoms with E-state index in [1.807, 2.05) is 18.2 Å². The van der Waals surface area contributed by atoms with Crippen LogP contribution in [0.3, 0.4) is 0 Å². The number of halogens is 1. The molecule has 0 fully saturated rings. The van der Waals surface area contributed by atoms with Crippen molar-refractivity contribution in [1.82, 2.24) is 5.32 Å². The topological polar surface area (TPSA) is 88.8 Å². The van der Waals surface area contributed by atoms with Gasteiger partial charge >= 0.3 is 5.63 Å². The van der Waals surface area contributed by atoms with Crippen LogP contribution in [0.1, 0.15) is 42.6 Å². The van der Waals surface area contributed by atoms with Gasteiger partial charge in [-0.3, -0.25) is 4.79 Å². The molecule has 6 nitrogen and oxygen atoms in total. The maximum atomic E-state index is 12.4. The van der Waals surface area contributed by atoms with Crippen LogP contribution in [0.4, 0.5) is 0 Å². The van der Waals surface area contributed by atoms with E-state index in [1.165, 1.54) is 0 Å². The van der Waals surface area contributed by atoms with E-state index in [2.05, 4.69) is 5.32 Å². The quantitative estimate of drug-likeness (QED) is 0.565. The normalized spacial score (nSPS) is 15.2. The van der Waals surface area contributed by atoms with E-state index < -0.39 is 18.1 Å². The molecule has 162 valence electrons. The van der Waals surface area contributed by atoms with Crippen LogP contribution >= 0.6 is 11.6 Å². The first-order valence-electron chi connectivity index (χ1n) is 10.4. The van der Waals surface area contributed by atoms with E-state index in [0.29, 0.717) is 16.2 Å². The SMILES string of the molecule is C[C@@H](Oc1cc2oc(=O)c3c(c2cc1Cl)CCCC3)C(=O)NC[C@@H](O)c1ccccc1. The molecule has 0 saturated heterocycles. The molecule has 0 bridgehead atoms. The second-order valence-electron chi connectivity index (χ2n) is 7.76. The van der Waals surface area contributed by atoms with E-state index in [9.17, 15) is 14.7 Å². The second kappa shape index (κ2) is 9.12. The third-order valence-corrected chi connectivity index (χ3v) is 5.90. The number of aliphatic hydroxyl groups is 1. The summed E-state index contributed by atoms with van der Waals surface area (Å²) < 4.78 is 11.2. The van der Waals surface area contributed by atoms with Gasteiger partial charge in [0.25, 0.3) is 5.91 Å². The van der Waals surface area contributed by atoms with E-state index in [-0.39, 0.29) is 17.9 Å². The number of aliphatic hydroxyl groups excluding tert-OH is 1. The van der Waals surface area contributed by atoms with E-state index >= 15 is 0 Å². The summed E-state index contributed by atoms with van der Waals surface area (Å²) in [5.41, 5.74) is 2.51. The molecule has 0 radical (unpaired) electrons. The van der Waals surface area contributed by atoms with Crippen LogP contribution in [0.2, 0.25) is 5.02 Å². The number of ether oxygens (including phenoxy) is 1. The molecule has 1 amide bonds. The maximum Gasteiger partial charge on any atom is 0.339 e. The minimum absolute atomic E-state index is 0.0585. The van der Waals surface area contributed by atoms with Crippen molar-refractivity contribution in [1.29, 1.82) is 0 Å². The fourth-order valence-electron chi connectivity index (χ4n) is 3.91. The summed E-state index contributed by atoms with van der Waals surface area (Å²) in [4.78, 5) is 24.8. The van der Waals surface area contributed by atoms with Gasteiger partial charge in [0.2, 0.25) is 0 Å². The number of aryl methyl sites for hydroxylation is 1. The van der Waals surface area contributed by atoms with Crippen molar-refractivity contribution in [2.75, 3.05) is 6.54 Å². The van der Waals surface area contributed by atoms with Crippen LogP contribution in [0, 0.1) is 0 Å². The summed E-state index contributed by atoms with van der Waals surface area (Å²) in [6.07, 6.45) is 1.85. The molecular formula is C24H24ClNO5. The van der Waals surface area contributed by atoms with Crippen molar-refractivity contribution in [2.24, 2.45) is 0 Å². The van der Waals surface area contributed by atoms with Crippen molar-refractivity contribution < 1.29 is 19.1 Å². The van der Waals surface area contributed by atoms with Gasteiger partial charge in [-0.1, -0.05) is 41.9 Å². The number of fused-ring (bicyclic) bond motifs is 3. The predicted octanol–water partition coefficient (Wildman–Crippen LogP) is 3.94. The van der Waals surface area contributed by atoms with E-state index in [1.54, 1.807) is 31.2 Å². The molecule has 2 atom stereocenters. The predicted molar refractivity (Wildman–Crippen MR) is 119 cm³/mol. The summed E-state index contributed by atoms with van der Waals surface area (Å²) in [7, 11) is 0. The maximum absolute atomic E-state index is 12.4. The molecule has 1 aromatic heterocycles. The third-order valence-electron chi connectivity index (χ3n) is 5.60. The summed E-state index contributed by atoms with van der Waals surface area (Å²) in [5.74, 6) is -0.127. The van der Waals surface area contributed by atoms with Crippen LogP contribution in [0.25, 0.3) is 11.0 Å². The smallest absolute Gasteiger partial charge is 0.339 e. The first kappa shape index (κ1) is 21.4. The molecule has 2 N–H and O–H groups in total. The van der Waals surface area contributed by atoms with Crippen molar-refractivity contribution in [2.45, 2.75) is 44.8 Å². The van der Waals surface area contributed by atoms with Gasteiger partial charge < -0.3 is 19.6 Å². The Labute approximate surface area is 184 Å². The highest BCUT2D eigenvalue weighted by atomic mass is 35.5. The average Bonchev–Trinajstić information content (AvgIpc) is 2.79. The van der Waals surface area contributed by atoms with Gasteiger partial charge in [0.15, 0.2) is 6.10 Å². The Kier molecular flexibility index (Phi) is 6.30. The van der Waals surface area contributed by atoms with Gasteiger partial charge in [-0.2, -0.15) is 0 Å². The molecule has 1 heterocycles. The Morgan fingerprint density at radius 2 is 1.90 bits per heavy atom. The fourth-order valence-corrected chi connectivity index (χ4v) is 4.12. The van der Waals surface area contributed by atoms with Crippen LogP contribution in [-0.4, -0.2) is 23.7 Å². The Hall–Kier alpha value is -2.83. The molecule has 3 aromatic rings. The summed E-state index contributed by atoms with van der Waals surface area (Å²) in [5, 5.41) is 14.0. The number of benzene rings is 2. The molecule has 4 rings (SSSR count). The Balaban J connectivity index is 1.48. The van der Waals surface area contributed by atoms with Gasteiger partial charge in [-0.25, -0.2) is 4.79 Å².